The lowest BCUT2D eigenvalue weighted by Crippen LogP contribution is -2.38. The van der Waals surface area contributed by atoms with Crippen LogP contribution in [0.4, 0.5) is 5.69 Å². The van der Waals surface area contributed by atoms with Gasteiger partial charge in [-0.15, -0.1) is 0 Å². The molecule has 11 heteroatoms. The van der Waals surface area contributed by atoms with E-state index in [-0.39, 0.29) is 16.9 Å². The van der Waals surface area contributed by atoms with Crippen molar-refractivity contribution in [3.8, 4) is 17.2 Å². The van der Waals surface area contributed by atoms with E-state index in [1.807, 2.05) is 0 Å². The smallest absolute Gasteiger partial charge is 0.247 e. The van der Waals surface area contributed by atoms with Gasteiger partial charge < -0.3 is 29.6 Å². The third kappa shape index (κ3) is 6.65. The second kappa shape index (κ2) is 13.0. The summed E-state index contributed by atoms with van der Waals surface area (Å²) in [5.74, 6) is 0.968. The van der Waals surface area contributed by atoms with Crippen LogP contribution in [0.2, 0.25) is 0 Å². The van der Waals surface area contributed by atoms with Crippen molar-refractivity contribution in [2.24, 2.45) is 0 Å². The molecular formula is C26H37N3O7S. The van der Waals surface area contributed by atoms with E-state index in [0.717, 1.165) is 12.8 Å². The summed E-state index contributed by atoms with van der Waals surface area (Å²) in [6.07, 6.45) is 1.84. The highest BCUT2D eigenvalue weighted by atomic mass is 32.2. The van der Waals surface area contributed by atoms with Gasteiger partial charge in [0, 0.05) is 31.9 Å². The predicted octanol–water partition coefficient (Wildman–Crippen LogP) is 3.19. The fourth-order valence-corrected chi connectivity index (χ4v) is 5.75. The monoisotopic (exact) mass is 535 g/mol. The largest absolute Gasteiger partial charge is 0.493 e. The number of anilines is 1. The SMILES string of the molecule is CCN(CC)S(=O)(=O)c1ccc(N[C@@H](C(=O)NC[C@@H]2CCCO2)c2cc(OC)c(OC)c(OC)c2)cc1. The molecule has 10 nitrogen and oxygen atoms in total. The molecule has 37 heavy (non-hydrogen) atoms. The van der Waals surface area contributed by atoms with Crippen LogP contribution in [0.5, 0.6) is 17.2 Å². The van der Waals surface area contributed by atoms with Crippen molar-refractivity contribution < 1.29 is 32.2 Å². The van der Waals surface area contributed by atoms with E-state index in [4.69, 9.17) is 18.9 Å². The fourth-order valence-electron chi connectivity index (χ4n) is 4.29. The van der Waals surface area contributed by atoms with Gasteiger partial charge in [-0.3, -0.25) is 4.79 Å². The van der Waals surface area contributed by atoms with Crippen molar-refractivity contribution in [1.82, 2.24) is 9.62 Å². The van der Waals surface area contributed by atoms with E-state index in [1.165, 1.54) is 37.8 Å². The highest BCUT2D eigenvalue weighted by molar-refractivity contribution is 7.89. The molecule has 1 aliphatic heterocycles. The van der Waals surface area contributed by atoms with Crippen LogP contribution in [0, 0.1) is 0 Å². The van der Waals surface area contributed by atoms with Crippen LogP contribution in [-0.4, -0.2) is 72.3 Å². The Labute approximate surface area is 219 Å². The van der Waals surface area contributed by atoms with Crippen molar-refractivity contribution in [1.29, 1.82) is 0 Å². The lowest BCUT2D eigenvalue weighted by Gasteiger charge is -2.23. The average Bonchev–Trinajstić information content (AvgIpc) is 3.44. The van der Waals surface area contributed by atoms with Crippen LogP contribution in [0.25, 0.3) is 0 Å². The van der Waals surface area contributed by atoms with Crippen molar-refractivity contribution in [2.45, 2.75) is 43.7 Å². The molecule has 0 saturated carbocycles. The van der Waals surface area contributed by atoms with Gasteiger partial charge in [-0.05, 0) is 54.8 Å². The van der Waals surface area contributed by atoms with E-state index < -0.39 is 16.1 Å². The van der Waals surface area contributed by atoms with Gasteiger partial charge in [-0.25, -0.2) is 8.42 Å². The standard InChI is InChI=1S/C26H37N3O7S/c1-6-29(7-2)37(31,32)21-12-10-19(11-13-21)28-24(26(30)27-17-20-9-8-14-36-20)18-15-22(33-3)25(35-5)23(16-18)34-4/h10-13,15-16,20,24,28H,6-9,14,17H2,1-5H3,(H,27,30)/t20-,24+/m0/s1. The molecule has 204 valence electrons. The number of benzene rings is 2. The van der Waals surface area contributed by atoms with Gasteiger partial charge in [0.25, 0.3) is 0 Å². The summed E-state index contributed by atoms with van der Waals surface area (Å²) < 4.78 is 49.1. The number of carbonyl (C=O) groups is 1. The summed E-state index contributed by atoms with van der Waals surface area (Å²) >= 11 is 0. The highest BCUT2D eigenvalue weighted by Crippen LogP contribution is 2.40. The number of nitrogens with one attached hydrogen (secondary N) is 2. The van der Waals surface area contributed by atoms with Crippen LogP contribution in [0.3, 0.4) is 0 Å². The maximum Gasteiger partial charge on any atom is 0.247 e. The van der Waals surface area contributed by atoms with Crippen LogP contribution in [0.1, 0.15) is 38.3 Å². The van der Waals surface area contributed by atoms with Crippen molar-refractivity contribution >= 4 is 21.6 Å². The first-order chi connectivity index (χ1) is 17.8. The minimum atomic E-state index is -3.59. The Bertz CT molecular complexity index is 1120. The molecule has 2 aromatic carbocycles. The maximum absolute atomic E-state index is 13.4. The number of nitrogens with zero attached hydrogens (tertiary/aromatic N) is 1. The van der Waals surface area contributed by atoms with Crippen molar-refractivity contribution in [2.75, 3.05) is 52.9 Å². The Balaban J connectivity index is 1.93. The Morgan fingerprint density at radius 2 is 1.68 bits per heavy atom. The zero-order valence-corrected chi connectivity index (χ0v) is 22.9. The minimum Gasteiger partial charge on any atom is -0.493 e. The molecule has 2 atom stereocenters. The Hall–Kier alpha value is -3.02. The number of rotatable bonds is 13. The molecular weight excluding hydrogens is 498 g/mol. The van der Waals surface area contributed by atoms with Crippen LogP contribution in [-0.2, 0) is 19.6 Å². The number of carbonyl (C=O) groups excluding carboxylic acids is 1. The van der Waals surface area contributed by atoms with Crippen LogP contribution >= 0.6 is 0 Å². The first kappa shape index (κ1) is 28.5. The maximum atomic E-state index is 13.4. The van der Waals surface area contributed by atoms with E-state index in [9.17, 15) is 13.2 Å². The normalized spacial score (nSPS) is 16.3. The molecule has 1 heterocycles. The molecule has 0 radical (unpaired) electrons. The molecule has 2 N–H and O–H groups in total. The first-order valence-electron chi connectivity index (χ1n) is 12.3. The van der Waals surface area contributed by atoms with Gasteiger partial charge in [0.1, 0.15) is 6.04 Å². The average molecular weight is 536 g/mol. The third-order valence-electron chi connectivity index (χ3n) is 6.32. The molecule has 1 aliphatic rings. The zero-order valence-electron chi connectivity index (χ0n) is 22.1. The molecule has 0 aromatic heterocycles. The van der Waals surface area contributed by atoms with Gasteiger partial charge in [0.15, 0.2) is 11.5 Å². The van der Waals surface area contributed by atoms with E-state index in [1.54, 1.807) is 38.1 Å². The molecule has 3 rings (SSSR count). The van der Waals surface area contributed by atoms with Crippen molar-refractivity contribution in [3.05, 3.63) is 42.0 Å². The quantitative estimate of drug-likeness (QED) is 0.402. The number of sulfonamides is 1. The van der Waals surface area contributed by atoms with E-state index in [2.05, 4.69) is 10.6 Å². The number of methoxy groups -OCH3 is 3. The van der Waals surface area contributed by atoms with Gasteiger partial charge >= 0.3 is 0 Å². The minimum absolute atomic E-state index is 0.0193. The topological polar surface area (TPSA) is 115 Å². The molecule has 1 fully saturated rings. The fraction of sp³-hybridized carbons (Fsp3) is 0.500. The second-order valence-electron chi connectivity index (χ2n) is 8.53. The molecule has 0 aliphatic carbocycles. The van der Waals surface area contributed by atoms with Gasteiger partial charge in [0.2, 0.25) is 21.7 Å². The second-order valence-corrected chi connectivity index (χ2v) is 10.5. The van der Waals surface area contributed by atoms with Crippen LogP contribution in [0.15, 0.2) is 41.3 Å². The zero-order chi connectivity index (χ0) is 27.0. The van der Waals surface area contributed by atoms with Crippen molar-refractivity contribution in [3.63, 3.8) is 0 Å². The molecule has 1 saturated heterocycles. The summed E-state index contributed by atoms with van der Waals surface area (Å²) in [6, 6.07) is 8.95. The number of ether oxygens (including phenoxy) is 4. The molecule has 0 spiro atoms. The Morgan fingerprint density at radius 3 is 2.16 bits per heavy atom. The number of hydrogen-bond donors (Lipinski definition) is 2. The summed E-state index contributed by atoms with van der Waals surface area (Å²) in [4.78, 5) is 13.6. The van der Waals surface area contributed by atoms with Crippen LogP contribution < -0.4 is 24.8 Å². The van der Waals surface area contributed by atoms with Gasteiger partial charge in [0.05, 0.1) is 32.3 Å². The lowest BCUT2D eigenvalue weighted by atomic mass is 10.0. The van der Waals surface area contributed by atoms with Gasteiger partial charge in [-0.1, -0.05) is 13.8 Å². The first-order valence-corrected chi connectivity index (χ1v) is 13.8. The molecule has 1 amide bonds. The molecule has 0 bridgehead atoms. The summed E-state index contributed by atoms with van der Waals surface area (Å²) in [7, 11) is 0.938. The Morgan fingerprint density at radius 1 is 1.05 bits per heavy atom. The lowest BCUT2D eigenvalue weighted by molar-refractivity contribution is -0.122. The summed E-state index contributed by atoms with van der Waals surface area (Å²) in [6.45, 7) is 5.45. The van der Waals surface area contributed by atoms with E-state index >= 15 is 0 Å². The van der Waals surface area contributed by atoms with E-state index in [0.29, 0.717) is 54.7 Å². The number of amides is 1. The summed E-state index contributed by atoms with van der Waals surface area (Å²) in [5, 5.41) is 6.20. The van der Waals surface area contributed by atoms with Gasteiger partial charge in [-0.2, -0.15) is 4.31 Å². The number of hydrogen-bond acceptors (Lipinski definition) is 8. The molecule has 2 aromatic rings. The highest BCUT2D eigenvalue weighted by Gasteiger charge is 2.27. The molecule has 0 unspecified atom stereocenters. The predicted molar refractivity (Wildman–Crippen MR) is 141 cm³/mol. The Kier molecular flexibility index (Phi) is 10.0. The third-order valence-corrected chi connectivity index (χ3v) is 8.38. The summed E-state index contributed by atoms with van der Waals surface area (Å²) in [5.41, 5.74) is 1.16.